The van der Waals surface area contributed by atoms with E-state index in [-0.39, 0.29) is 18.6 Å². The Bertz CT molecular complexity index is 644. The molecule has 0 aliphatic rings. The molecule has 0 saturated heterocycles. The first-order chi connectivity index (χ1) is 10.5. The van der Waals surface area contributed by atoms with Gasteiger partial charge in [0.1, 0.15) is 11.6 Å². The maximum atomic E-state index is 13.5. The average molecular weight is 313 g/mol. The number of amides is 1. The second kappa shape index (κ2) is 7.13. The van der Waals surface area contributed by atoms with Crippen molar-refractivity contribution in [2.45, 2.75) is 18.9 Å². The minimum Gasteiger partial charge on any atom is -0.467 e. The van der Waals surface area contributed by atoms with E-state index in [9.17, 15) is 18.0 Å². The molecule has 1 aromatic carbocycles. The number of hydrogen-bond acceptors (Lipinski definition) is 3. The number of nitrogens with one attached hydrogen (secondary N) is 1. The van der Waals surface area contributed by atoms with E-state index in [0.29, 0.717) is 17.9 Å². The summed E-state index contributed by atoms with van der Waals surface area (Å²) in [6.45, 7) is -0.189. The number of carbonyl (C=O) groups is 1. The first-order valence-corrected chi connectivity index (χ1v) is 6.58. The Morgan fingerprint density at radius 3 is 2.59 bits per heavy atom. The molecule has 1 amide bonds. The summed E-state index contributed by atoms with van der Waals surface area (Å²) in [5, 5.41) is 11.6. The zero-order valence-electron chi connectivity index (χ0n) is 11.5. The fourth-order valence-electron chi connectivity index (χ4n) is 2.02. The maximum Gasteiger partial charge on any atom is 0.225 e. The molecule has 1 unspecified atom stereocenters. The van der Waals surface area contributed by atoms with Gasteiger partial charge in [-0.1, -0.05) is 0 Å². The lowest BCUT2D eigenvalue weighted by molar-refractivity contribution is -0.121. The largest absolute Gasteiger partial charge is 0.467 e. The second-order valence-electron chi connectivity index (χ2n) is 4.68. The average Bonchev–Trinajstić information content (AvgIpc) is 2.98. The zero-order valence-corrected chi connectivity index (χ0v) is 11.5. The van der Waals surface area contributed by atoms with Crippen molar-refractivity contribution in [1.29, 1.82) is 0 Å². The highest BCUT2D eigenvalue weighted by Crippen LogP contribution is 2.18. The van der Waals surface area contributed by atoms with Crippen molar-refractivity contribution in [3.8, 4) is 0 Å². The Balaban J connectivity index is 2.07. The summed E-state index contributed by atoms with van der Waals surface area (Å²) >= 11 is 0. The molecule has 0 bridgehead atoms. The van der Waals surface area contributed by atoms with E-state index in [2.05, 4.69) is 5.32 Å². The number of rotatable bonds is 6. The molecule has 1 heterocycles. The molecule has 0 aliphatic carbocycles. The van der Waals surface area contributed by atoms with Crippen LogP contribution in [-0.4, -0.2) is 17.6 Å². The van der Waals surface area contributed by atoms with Crippen molar-refractivity contribution in [3.05, 3.63) is 59.3 Å². The molecule has 2 aromatic rings. The number of aliphatic hydroxyl groups excluding tert-OH is 1. The molecule has 0 radical (unpaired) electrons. The fraction of sp³-hybridized carbons (Fsp3) is 0.267. The highest BCUT2D eigenvalue weighted by Gasteiger charge is 2.19. The van der Waals surface area contributed by atoms with Gasteiger partial charge in [0, 0.05) is 18.2 Å². The summed E-state index contributed by atoms with van der Waals surface area (Å²) in [4.78, 5) is 11.9. The Morgan fingerprint density at radius 2 is 1.95 bits per heavy atom. The number of furan rings is 1. The predicted octanol–water partition coefficient (Wildman–Crippen LogP) is 2.48. The van der Waals surface area contributed by atoms with E-state index in [0.717, 1.165) is 0 Å². The Kier molecular flexibility index (Phi) is 5.21. The van der Waals surface area contributed by atoms with Gasteiger partial charge in [0.2, 0.25) is 5.91 Å². The minimum absolute atomic E-state index is 0.189. The monoisotopic (exact) mass is 313 g/mol. The van der Waals surface area contributed by atoms with Crippen molar-refractivity contribution >= 4 is 5.91 Å². The van der Waals surface area contributed by atoms with Gasteiger partial charge in [-0.05, 0) is 24.6 Å². The normalized spacial score (nSPS) is 12.2. The number of aliphatic hydroxyl groups is 1. The van der Waals surface area contributed by atoms with Gasteiger partial charge < -0.3 is 14.8 Å². The second-order valence-corrected chi connectivity index (χ2v) is 4.68. The summed E-state index contributed by atoms with van der Waals surface area (Å²) in [6.07, 6.45) is 1.17. The maximum absolute atomic E-state index is 13.5. The molecule has 0 spiro atoms. The van der Waals surface area contributed by atoms with Gasteiger partial charge in [0.25, 0.3) is 0 Å². The van der Waals surface area contributed by atoms with E-state index in [1.165, 1.54) is 6.26 Å². The minimum atomic E-state index is -1.31. The fourth-order valence-corrected chi connectivity index (χ4v) is 2.02. The van der Waals surface area contributed by atoms with Gasteiger partial charge in [-0.25, -0.2) is 13.2 Å². The number of carbonyl (C=O) groups excluding carboxylic acids is 1. The van der Waals surface area contributed by atoms with Gasteiger partial charge in [0.05, 0.1) is 18.7 Å². The van der Waals surface area contributed by atoms with Gasteiger partial charge in [0.15, 0.2) is 11.6 Å². The third kappa shape index (κ3) is 3.88. The van der Waals surface area contributed by atoms with Crippen LogP contribution in [0.2, 0.25) is 0 Å². The molecule has 1 atom stereocenters. The smallest absolute Gasteiger partial charge is 0.225 e. The topological polar surface area (TPSA) is 62.5 Å². The Hall–Kier alpha value is -2.28. The van der Waals surface area contributed by atoms with Crippen molar-refractivity contribution in [2.24, 2.45) is 0 Å². The third-order valence-corrected chi connectivity index (χ3v) is 3.08. The van der Waals surface area contributed by atoms with Crippen LogP contribution in [0.3, 0.4) is 0 Å². The highest BCUT2D eigenvalue weighted by atomic mass is 19.2. The molecule has 2 N–H and O–H groups in total. The zero-order chi connectivity index (χ0) is 16.1. The number of benzene rings is 1. The van der Waals surface area contributed by atoms with Crippen molar-refractivity contribution in [2.75, 3.05) is 6.61 Å². The van der Waals surface area contributed by atoms with E-state index in [4.69, 9.17) is 9.52 Å². The Labute approximate surface area is 124 Å². The molecule has 22 heavy (non-hydrogen) atoms. The lowest BCUT2D eigenvalue weighted by atomic mass is 10.1. The lowest BCUT2D eigenvalue weighted by Crippen LogP contribution is -2.30. The summed E-state index contributed by atoms with van der Waals surface area (Å²) in [7, 11) is 0. The molecule has 118 valence electrons. The van der Waals surface area contributed by atoms with Crippen LogP contribution in [0, 0.1) is 17.5 Å². The molecule has 2 rings (SSSR count). The lowest BCUT2D eigenvalue weighted by Gasteiger charge is -2.15. The molecule has 0 fully saturated rings. The van der Waals surface area contributed by atoms with E-state index in [1.54, 1.807) is 12.1 Å². The van der Waals surface area contributed by atoms with E-state index < -0.39 is 35.8 Å². The molecule has 0 aliphatic heterocycles. The molecule has 7 heteroatoms. The van der Waals surface area contributed by atoms with E-state index >= 15 is 0 Å². The first-order valence-electron chi connectivity index (χ1n) is 6.58. The van der Waals surface area contributed by atoms with Gasteiger partial charge in [-0.2, -0.15) is 0 Å². The van der Waals surface area contributed by atoms with Crippen LogP contribution < -0.4 is 5.32 Å². The molecule has 4 nitrogen and oxygen atoms in total. The van der Waals surface area contributed by atoms with Crippen LogP contribution in [-0.2, 0) is 11.2 Å². The van der Waals surface area contributed by atoms with E-state index in [1.807, 2.05) is 0 Å². The first kappa shape index (κ1) is 16.1. The van der Waals surface area contributed by atoms with Crippen LogP contribution in [0.5, 0.6) is 0 Å². The Morgan fingerprint density at radius 1 is 1.23 bits per heavy atom. The SMILES string of the molecule is O=C(Cc1cc(F)c(F)cc1F)NC(CCO)c1ccco1. The van der Waals surface area contributed by atoms with Gasteiger partial charge in [-0.3, -0.25) is 4.79 Å². The third-order valence-electron chi connectivity index (χ3n) is 3.08. The van der Waals surface area contributed by atoms with Crippen LogP contribution in [0.25, 0.3) is 0 Å². The number of hydrogen-bond donors (Lipinski definition) is 2. The quantitative estimate of drug-likeness (QED) is 0.805. The highest BCUT2D eigenvalue weighted by molar-refractivity contribution is 5.79. The molecular weight excluding hydrogens is 299 g/mol. The van der Waals surface area contributed by atoms with Crippen molar-refractivity contribution < 1.29 is 27.5 Å². The summed E-state index contributed by atoms with van der Waals surface area (Å²) < 4.78 is 44.6. The van der Waals surface area contributed by atoms with Crippen molar-refractivity contribution in [1.82, 2.24) is 5.32 Å². The predicted molar refractivity (Wildman–Crippen MR) is 71.3 cm³/mol. The standard InChI is InChI=1S/C15H14F3NO3/c16-10-8-12(18)11(17)6-9(10)7-15(21)19-13(3-4-20)14-2-1-5-22-14/h1-2,5-6,8,13,20H,3-4,7H2,(H,19,21). The van der Waals surface area contributed by atoms with Gasteiger partial charge in [-0.15, -0.1) is 0 Å². The van der Waals surface area contributed by atoms with Crippen LogP contribution >= 0.6 is 0 Å². The van der Waals surface area contributed by atoms with Gasteiger partial charge >= 0.3 is 0 Å². The van der Waals surface area contributed by atoms with Crippen molar-refractivity contribution in [3.63, 3.8) is 0 Å². The van der Waals surface area contributed by atoms with Crippen LogP contribution in [0.15, 0.2) is 34.9 Å². The number of halogens is 3. The van der Waals surface area contributed by atoms with Crippen LogP contribution in [0.4, 0.5) is 13.2 Å². The summed E-state index contributed by atoms with van der Waals surface area (Å²) in [5.41, 5.74) is -0.251. The van der Waals surface area contributed by atoms with Crippen LogP contribution in [0.1, 0.15) is 23.8 Å². The summed E-state index contributed by atoms with van der Waals surface area (Å²) in [5.74, 6) is -3.68. The molecule has 0 saturated carbocycles. The summed E-state index contributed by atoms with van der Waals surface area (Å²) in [6, 6.07) is 3.72. The molecule has 1 aromatic heterocycles. The molecular formula is C15H14F3NO3.